The van der Waals surface area contributed by atoms with Gasteiger partial charge in [0.15, 0.2) is 0 Å². The van der Waals surface area contributed by atoms with Crippen LogP contribution in [-0.4, -0.2) is 47.9 Å². The van der Waals surface area contributed by atoms with Gasteiger partial charge in [0, 0.05) is 25.2 Å². The van der Waals surface area contributed by atoms with Crippen molar-refractivity contribution in [2.45, 2.75) is 26.4 Å². The molecule has 0 aliphatic heterocycles. The number of nitrogens with zero attached hydrogens (tertiary/aromatic N) is 3. The molecular weight excluding hydrogens is 322 g/mol. The largest absolute Gasteiger partial charge is 0.308 e. The lowest BCUT2D eigenvalue weighted by Crippen LogP contribution is -2.39. The van der Waals surface area contributed by atoms with Crippen LogP contribution in [0.3, 0.4) is 0 Å². The highest BCUT2D eigenvalue weighted by atomic mass is 79.9. The Morgan fingerprint density at radius 3 is 2.55 bits per heavy atom. The van der Waals surface area contributed by atoms with Gasteiger partial charge in [-0.25, -0.2) is 0 Å². The Hall–Kier alpha value is -0.980. The summed E-state index contributed by atoms with van der Waals surface area (Å²) in [7, 11) is 4.10. The lowest BCUT2D eigenvalue weighted by Gasteiger charge is -2.30. The number of nitro groups is 1. The van der Waals surface area contributed by atoms with E-state index in [0.717, 1.165) is 25.2 Å². The number of halogens is 1. The molecule has 0 aromatic heterocycles. The fraction of sp³-hybridized carbons (Fsp3) is 0.571. The monoisotopic (exact) mass is 343 g/mol. The second-order valence-corrected chi connectivity index (χ2v) is 6.07. The third-order valence-electron chi connectivity index (χ3n) is 3.25. The van der Waals surface area contributed by atoms with Crippen molar-refractivity contribution in [2.24, 2.45) is 0 Å². The maximum Gasteiger partial charge on any atom is 0.283 e. The number of rotatable bonds is 7. The molecule has 0 heterocycles. The second kappa shape index (κ2) is 7.71. The molecule has 1 unspecified atom stereocenters. The quantitative estimate of drug-likeness (QED) is 0.563. The molecular formula is C14H22BrN3O2. The smallest absolute Gasteiger partial charge is 0.283 e. The van der Waals surface area contributed by atoms with Gasteiger partial charge in [-0.1, -0.05) is 13.0 Å². The first-order valence-electron chi connectivity index (χ1n) is 6.66. The molecule has 5 nitrogen and oxygen atoms in total. The summed E-state index contributed by atoms with van der Waals surface area (Å²) in [4.78, 5) is 15.1. The molecule has 112 valence electrons. The number of likely N-dealkylation sites (N-methyl/N-ethyl adjacent to an activating group) is 2. The molecule has 0 bridgehead atoms. The van der Waals surface area contributed by atoms with E-state index in [1.54, 1.807) is 12.1 Å². The highest BCUT2D eigenvalue weighted by molar-refractivity contribution is 9.10. The second-order valence-electron chi connectivity index (χ2n) is 5.22. The van der Waals surface area contributed by atoms with E-state index < -0.39 is 0 Å². The molecule has 1 aromatic rings. The summed E-state index contributed by atoms with van der Waals surface area (Å²) < 4.78 is 0.524. The number of hydrogen-bond acceptors (Lipinski definition) is 4. The fourth-order valence-corrected chi connectivity index (χ4v) is 2.65. The summed E-state index contributed by atoms with van der Waals surface area (Å²) in [6.07, 6.45) is 0. The standard InChI is InChI=1S/C14H22BrN3O2/c1-5-17(11(2)9-16(3)4)10-12-6-7-13(15)14(8-12)18(19)20/h6-8,11H,5,9-10H2,1-4H3. The minimum absolute atomic E-state index is 0.124. The molecule has 0 radical (unpaired) electrons. The zero-order chi connectivity index (χ0) is 15.3. The highest BCUT2D eigenvalue weighted by Gasteiger charge is 2.16. The van der Waals surface area contributed by atoms with Crippen molar-refractivity contribution in [3.63, 3.8) is 0 Å². The van der Waals surface area contributed by atoms with Crippen LogP contribution in [0.2, 0.25) is 0 Å². The molecule has 0 saturated carbocycles. The van der Waals surface area contributed by atoms with E-state index in [-0.39, 0.29) is 10.6 Å². The molecule has 0 N–H and O–H groups in total. The van der Waals surface area contributed by atoms with Crippen molar-refractivity contribution in [3.05, 3.63) is 38.3 Å². The van der Waals surface area contributed by atoms with Crippen LogP contribution >= 0.6 is 15.9 Å². The normalized spacial score (nSPS) is 12.9. The Kier molecular flexibility index (Phi) is 6.58. The van der Waals surface area contributed by atoms with Crippen LogP contribution in [0.1, 0.15) is 19.4 Å². The van der Waals surface area contributed by atoms with E-state index >= 15 is 0 Å². The predicted octanol–water partition coefficient (Wildman–Crippen LogP) is 3.13. The van der Waals surface area contributed by atoms with Crippen LogP contribution < -0.4 is 0 Å². The van der Waals surface area contributed by atoms with Crippen molar-refractivity contribution in [3.8, 4) is 0 Å². The Morgan fingerprint density at radius 2 is 2.05 bits per heavy atom. The number of benzene rings is 1. The van der Waals surface area contributed by atoms with E-state index in [2.05, 4.69) is 53.7 Å². The summed E-state index contributed by atoms with van der Waals surface area (Å²) in [5, 5.41) is 11.0. The average Bonchev–Trinajstić information content (AvgIpc) is 2.36. The Balaban J connectivity index is 2.85. The molecule has 0 spiro atoms. The lowest BCUT2D eigenvalue weighted by molar-refractivity contribution is -0.385. The van der Waals surface area contributed by atoms with Crippen LogP contribution in [0.4, 0.5) is 5.69 Å². The van der Waals surface area contributed by atoms with Crippen LogP contribution in [0.25, 0.3) is 0 Å². The summed E-state index contributed by atoms with van der Waals surface area (Å²) >= 11 is 3.21. The van der Waals surface area contributed by atoms with Gasteiger partial charge in [-0.2, -0.15) is 0 Å². The minimum atomic E-state index is -0.354. The van der Waals surface area contributed by atoms with Gasteiger partial charge in [0.1, 0.15) is 0 Å². The van der Waals surface area contributed by atoms with Gasteiger partial charge in [0.2, 0.25) is 0 Å². The summed E-state index contributed by atoms with van der Waals surface area (Å²) in [6, 6.07) is 5.73. The predicted molar refractivity (Wildman–Crippen MR) is 84.9 cm³/mol. The van der Waals surface area contributed by atoms with E-state index in [0.29, 0.717) is 10.5 Å². The Morgan fingerprint density at radius 1 is 1.40 bits per heavy atom. The summed E-state index contributed by atoms with van der Waals surface area (Å²) in [6.45, 7) is 6.89. The van der Waals surface area contributed by atoms with Crippen LogP contribution in [0.5, 0.6) is 0 Å². The zero-order valence-corrected chi connectivity index (χ0v) is 14.1. The fourth-order valence-electron chi connectivity index (χ4n) is 2.25. The van der Waals surface area contributed by atoms with Crippen molar-refractivity contribution in [1.29, 1.82) is 0 Å². The summed E-state index contributed by atoms with van der Waals surface area (Å²) in [5.74, 6) is 0. The lowest BCUT2D eigenvalue weighted by atomic mass is 10.1. The van der Waals surface area contributed by atoms with Crippen LogP contribution in [0.15, 0.2) is 22.7 Å². The zero-order valence-electron chi connectivity index (χ0n) is 12.5. The number of hydrogen-bond donors (Lipinski definition) is 0. The maximum absolute atomic E-state index is 11.0. The van der Waals surface area contributed by atoms with Crippen molar-refractivity contribution >= 4 is 21.6 Å². The molecule has 0 saturated heterocycles. The van der Waals surface area contributed by atoms with Crippen molar-refractivity contribution < 1.29 is 4.92 Å². The molecule has 6 heteroatoms. The molecule has 0 aliphatic carbocycles. The molecule has 1 atom stereocenters. The molecule has 1 rings (SSSR count). The van der Waals surface area contributed by atoms with Crippen LogP contribution in [-0.2, 0) is 6.54 Å². The molecule has 20 heavy (non-hydrogen) atoms. The topological polar surface area (TPSA) is 49.6 Å². The van der Waals surface area contributed by atoms with Crippen molar-refractivity contribution in [2.75, 3.05) is 27.2 Å². The Labute approximate surface area is 128 Å². The van der Waals surface area contributed by atoms with Gasteiger partial charge < -0.3 is 4.90 Å². The van der Waals surface area contributed by atoms with Gasteiger partial charge in [0.25, 0.3) is 5.69 Å². The summed E-state index contributed by atoms with van der Waals surface area (Å²) in [5.41, 5.74) is 1.09. The first-order chi connectivity index (χ1) is 9.35. The van der Waals surface area contributed by atoms with Gasteiger partial charge in [-0.05, 0) is 55.1 Å². The van der Waals surface area contributed by atoms with Gasteiger partial charge in [-0.3, -0.25) is 15.0 Å². The Bertz CT molecular complexity index is 466. The van der Waals surface area contributed by atoms with Crippen LogP contribution in [0, 0.1) is 10.1 Å². The SMILES string of the molecule is CCN(Cc1ccc(Br)c([N+](=O)[O-])c1)C(C)CN(C)C. The maximum atomic E-state index is 11.0. The first kappa shape index (κ1) is 17.1. The van der Waals surface area contributed by atoms with Crippen molar-refractivity contribution in [1.82, 2.24) is 9.80 Å². The van der Waals surface area contributed by atoms with E-state index in [4.69, 9.17) is 0 Å². The van der Waals surface area contributed by atoms with Gasteiger partial charge in [0.05, 0.1) is 9.40 Å². The molecule has 0 amide bonds. The van der Waals surface area contributed by atoms with E-state index in [1.165, 1.54) is 0 Å². The van der Waals surface area contributed by atoms with E-state index in [9.17, 15) is 10.1 Å². The third kappa shape index (κ3) is 4.85. The first-order valence-corrected chi connectivity index (χ1v) is 7.46. The molecule has 1 aromatic carbocycles. The highest BCUT2D eigenvalue weighted by Crippen LogP contribution is 2.26. The number of nitro benzene ring substituents is 1. The minimum Gasteiger partial charge on any atom is -0.308 e. The third-order valence-corrected chi connectivity index (χ3v) is 3.92. The molecule has 0 fully saturated rings. The van der Waals surface area contributed by atoms with Gasteiger partial charge in [-0.15, -0.1) is 0 Å². The average molecular weight is 344 g/mol. The van der Waals surface area contributed by atoms with E-state index in [1.807, 2.05) is 6.07 Å². The molecule has 0 aliphatic rings. The van der Waals surface area contributed by atoms with Gasteiger partial charge >= 0.3 is 0 Å².